The number of rotatable bonds is 3. The summed E-state index contributed by atoms with van der Waals surface area (Å²) in [5.41, 5.74) is 9.01. The van der Waals surface area contributed by atoms with Crippen LogP contribution in [0.2, 0.25) is 0 Å². The Bertz CT molecular complexity index is 134. The van der Waals surface area contributed by atoms with Crippen molar-refractivity contribution >= 4 is 5.97 Å². The average molecular weight is 146 g/mol. The summed E-state index contributed by atoms with van der Waals surface area (Å²) in [6.07, 6.45) is 0.666. The molecule has 0 aliphatic carbocycles. The molecule has 1 atom stereocenters. The van der Waals surface area contributed by atoms with Gasteiger partial charge in [0.05, 0.1) is 0 Å². The third-order valence-corrected chi connectivity index (χ3v) is 1.80. The van der Waals surface area contributed by atoms with E-state index in [1.54, 1.807) is 6.92 Å². The third-order valence-electron chi connectivity index (χ3n) is 1.80. The molecule has 0 aromatic rings. The van der Waals surface area contributed by atoms with Gasteiger partial charge < -0.3 is 16.6 Å². The SMILES string of the molecule is CCC(C)C(N)(N)C(=O)O. The Kier molecular flexibility index (Phi) is 2.80. The summed E-state index contributed by atoms with van der Waals surface area (Å²) in [4.78, 5) is 10.4. The fraction of sp³-hybridized carbons (Fsp3) is 0.833. The van der Waals surface area contributed by atoms with Crippen molar-refractivity contribution in [3.05, 3.63) is 0 Å². The zero-order valence-electron chi connectivity index (χ0n) is 6.29. The molecule has 0 aliphatic heterocycles. The van der Waals surface area contributed by atoms with Crippen LogP contribution in [-0.2, 0) is 4.79 Å². The highest BCUT2D eigenvalue weighted by Gasteiger charge is 2.33. The monoisotopic (exact) mass is 146 g/mol. The van der Waals surface area contributed by atoms with Crippen LogP contribution in [0.4, 0.5) is 0 Å². The first-order valence-corrected chi connectivity index (χ1v) is 3.24. The molecule has 0 heterocycles. The van der Waals surface area contributed by atoms with Crippen molar-refractivity contribution in [2.75, 3.05) is 0 Å². The zero-order chi connectivity index (χ0) is 8.36. The summed E-state index contributed by atoms with van der Waals surface area (Å²) in [7, 11) is 0. The molecule has 0 saturated carbocycles. The Balaban J connectivity index is 4.23. The predicted molar refractivity (Wildman–Crippen MR) is 38.2 cm³/mol. The van der Waals surface area contributed by atoms with Crippen molar-refractivity contribution in [1.29, 1.82) is 0 Å². The first-order valence-electron chi connectivity index (χ1n) is 3.24. The Morgan fingerprint density at radius 1 is 1.70 bits per heavy atom. The van der Waals surface area contributed by atoms with E-state index in [9.17, 15) is 4.79 Å². The van der Waals surface area contributed by atoms with Crippen LogP contribution in [0.3, 0.4) is 0 Å². The highest BCUT2D eigenvalue weighted by molar-refractivity contribution is 5.77. The van der Waals surface area contributed by atoms with Gasteiger partial charge in [0, 0.05) is 0 Å². The van der Waals surface area contributed by atoms with Crippen molar-refractivity contribution in [2.24, 2.45) is 17.4 Å². The largest absolute Gasteiger partial charge is 0.479 e. The van der Waals surface area contributed by atoms with Gasteiger partial charge in [-0.3, -0.25) is 0 Å². The molecule has 4 nitrogen and oxygen atoms in total. The molecule has 0 radical (unpaired) electrons. The van der Waals surface area contributed by atoms with Crippen molar-refractivity contribution in [3.8, 4) is 0 Å². The fourth-order valence-corrected chi connectivity index (χ4v) is 0.549. The molecule has 0 aromatic heterocycles. The van der Waals surface area contributed by atoms with Crippen molar-refractivity contribution in [1.82, 2.24) is 0 Å². The molecular weight excluding hydrogens is 132 g/mol. The molecule has 0 rings (SSSR count). The second kappa shape index (κ2) is 2.98. The second-order valence-electron chi connectivity index (χ2n) is 2.55. The minimum Gasteiger partial charge on any atom is -0.479 e. The average Bonchev–Trinajstić information content (AvgIpc) is 1.86. The lowest BCUT2D eigenvalue weighted by Gasteiger charge is -2.25. The van der Waals surface area contributed by atoms with Gasteiger partial charge in [0.25, 0.3) is 0 Å². The van der Waals surface area contributed by atoms with Crippen molar-refractivity contribution < 1.29 is 9.90 Å². The van der Waals surface area contributed by atoms with E-state index in [1.807, 2.05) is 6.92 Å². The van der Waals surface area contributed by atoms with E-state index in [0.717, 1.165) is 0 Å². The van der Waals surface area contributed by atoms with E-state index in [1.165, 1.54) is 0 Å². The molecule has 10 heavy (non-hydrogen) atoms. The molecule has 0 fully saturated rings. The Labute approximate surface area is 60.2 Å². The molecule has 0 spiro atoms. The minimum absolute atomic E-state index is 0.204. The van der Waals surface area contributed by atoms with E-state index in [4.69, 9.17) is 16.6 Å². The van der Waals surface area contributed by atoms with Crippen LogP contribution in [0.15, 0.2) is 0 Å². The topological polar surface area (TPSA) is 89.3 Å². The molecular formula is C6H14N2O2. The Morgan fingerprint density at radius 3 is 2.20 bits per heavy atom. The van der Waals surface area contributed by atoms with Gasteiger partial charge in [0.1, 0.15) is 0 Å². The molecule has 1 unspecified atom stereocenters. The maximum absolute atomic E-state index is 10.4. The lowest BCUT2D eigenvalue weighted by molar-refractivity contribution is -0.145. The molecule has 0 bridgehead atoms. The van der Waals surface area contributed by atoms with Crippen molar-refractivity contribution in [3.63, 3.8) is 0 Å². The van der Waals surface area contributed by atoms with E-state index in [-0.39, 0.29) is 5.92 Å². The van der Waals surface area contributed by atoms with Gasteiger partial charge in [-0.1, -0.05) is 13.8 Å². The highest BCUT2D eigenvalue weighted by atomic mass is 16.4. The number of hydrogen-bond acceptors (Lipinski definition) is 3. The highest BCUT2D eigenvalue weighted by Crippen LogP contribution is 2.11. The van der Waals surface area contributed by atoms with Crippen LogP contribution >= 0.6 is 0 Å². The van der Waals surface area contributed by atoms with Crippen LogP contribution < -0.4 is 11.5 Å². The smallest absolute Gasteiger partial charge is 0.338 e. The summed E-state index contributed by atoms with van der Waals surface area (Å²) in [6.45, 7) is 3.57. The van der Waals surface area contributed by atoms with E-state index in [2.05, 4.69) is 0 Å². The summed E-state index contributed by atoms with van der Waals surface area (Å²) < 4.78 is 0. The Morgan fingerprint density at radius 2 is 2.10 bits per heavy atom. The van der Waals surface area contributed by atoms with Gasteiger partial charge in [-0.05, 0) is 12.3 Å². The zero-order valence-corrected chi connectivity index (χ0v) is 6.29. The molecule has 0 amide bonds. The first kappa shape index (κ1) is 9.39. The van der Waals surface area contributed by atoms with Gasteiger partial charge in [-0.2, -0.15) is 0 Å². The van der Waals surface area contributed by atoms with Gasteiger partial charge in [0.15, 0.2) is 5.66 Å². The standard InChI is InChI=1S/C6H14N2O2/c1-3-4(2)6(7,8)5(9)10/h4H,3,7-8H2,1-2H3,(H,9,10). The minimum atomic E-state index is -1.57. The second-order valence-corrected chi connectivity index (χ2v) is 2.55. The van der Waals surface area contributed by atoms with Gasteiger partial charge in [-0.25, -0.2) is 4.79 Å². The quantitative estimate of drug-likeness (QED) is 0.478. The van der Waals surface area contributed by atoms with Crippen LogP contribution in [-0.4, -0.2) is 16.7 Å². The maximum atomic E-state index is 10.4. The number of carbonyl (C=O) groups is 1. The van der Waals surface area contributed by atoms with Crippen LogP contribution in [0, 0.1) is 5.92 Å². The van der Waals surface area contributed by atoms with E-state index in [0.29, 0.717) is 6.42 Å². The van der Waals surface area contributed by atoms with E-state index >= 15 is 0 Å². The third kappa shape index (κ3) is 1.68. The van der Waals surface area contributed by atoms with Gasteiger partial charge >= 0.3 is 5.97 Å². The predicted octanol–water partition coefficient (Wildman–Crippen LogP) is -0.269. The summed E-state index contributed by atoms with van der Waals surface area (Å²) >= 11 is 0. The van der Waals surface area contributed by atoms with Crippen LogP contribution in [0.25, 0.3) is 0 Å². The molecule has 5 N–H and O–H groups in total. The van der Waals surface area contributed by atoms with E-state index < -0.39 is 11.6 Å². The molecule has 0 aliphatic rings. The maximum Gasteiger partial charge on any atom is 0.338 e. The fourth-order valence-electron chi connectivity index (χ4n) is 0.549. The molecule has 60 valence electrons. The summed E-state index contributed by atoms with van der Waals surface area (Å²) in [5, 5.41) is 8.49. The summed E-state index contributed by atoms with van der Waals surface area (Å²) in [6, 6.07) is 0. The number of hydrogen-bond donors (Lipinski definition) is 3. The molecule has 0 aromatic carbocycles. The number of aliphatic carboxylic acids is 1. The number of nitrogens with two attached hydrogens (primary N) is 2. The number of carboxylic acid groups (broad SMARTS) is 1. The first-order chi connectivity index (χ1) is 4.42. The lowest BCUT2D eigenvalue weighted by Crippen LogP contribution is -2.60. The molecule has 4 heteroatoms. The lowest BCUT2D eigenvalue weighted by atomic mass is 9.94. The van der Waals surface area contributed by atoms with Crippen molar-refractivity contribution in [2.45, 2.75) is 25.9 Å². The summed E-state index contributed by atoms with van der Waals surface area (Å²) in [5.74, 6) is -1.35. The van der Waals surface area contributed by atoms with Crippen LogP contribution in [0.1, 0.15) is 20.3 Å². The number of carboxylic acids is 1. The molecule has 0 saturated heterocycles. The van der Waals surface area contributed by atoms with Crippen LogP contribution in [0.5, 0.6) is 0 Å². The normalized spacial score (nSPS) is 14.8. The van der Waals surface area contributed by atoms with Gasteiger partial charge in [0.2, 0.25) is 0 Å². The van der Waals surface area contributed by atoms with Gasteiger partial charge in [-0.15, -0.1) is 0 Å². The Hall–Kier alpha value is -0.610.